The van der Waals surface area contributed by atoms with Gasteiger partial charge in [0.05, 0.1) is 0 Å². The molecule has 0 aromatic heterocycles. The third kappa shape index (κ3) is 7.93. The zero-order valence-electron chi connectivity index (χ0n) is 11.3. The molecule has 2 rings (SSSR count). The Morgan fingerprint density at radius 3 is 1.59 bits per heavy atom. The third-order valence-corrected chi connectivity index (χ3v) is 2.17. The summed E-state index contributed by atoms with van der Waals surface area (Å²) >= 11 is 0. The molecule has 22 heavy (non-hydrogen) atoms. The monoisotopic (exact) mass is 300 g/mol. The van der Waals surface area contributed by atoms with Crippen LogP contribution in [-0.2, 0) is 14.4 Å². The molecule has 112 valence electrons. The number of carboxylic acid groups (broad SMARTS) is 1. The van der Waals surface area contributed by atoms with E-state index in [1.54, 1.807) is 30.3 Å². The van der Waals surface area contributed by atoms with Gasteiger partial charge >= 0.3 is 12.1 Å². The number of aldehydes is 1. The summed E-state index contributed by atoms with van der Waals surface area (Å²) in [5.41, 5.74) is 0.938. The minimum absolute atomic E-state index is 0.208. The molecule has 2 aromatic carbocycles. The molecule has 0 saturated heterocycles. The standard InChI is InChI=1S/C8H6O3.C7H6O.CO2/c9-7(8(10)11)6-4-2-1-3-5-6;8-6-7-4-2-1-3-5-7;2-1-3/h1-5H,(H,10,11);1-6H;. The second-order valence-electron chi connectivity index (χ2n) is 3.61. The summed E-state index contributed by atoms with van der Waals surface area (Å²) in [4.78, 5) is 47.2. The van der Waals surface area contributed by atoms with E-state index in [1.165, 1.54) is 12.1 Å². The molecule has 0 amide bonds. The zero-order chi connectivity index (χ0) is 16.8. The fourth-order valence-corrected chi connectivity index (χ4v) is 1.24. The van der Waals surface area contributed by atoms with E-state index in [0.29, 0.717) is 0 Å². The molecule has 1 N–H and O–H groups in total. The average molecular weight is 300 g/mol. The molecule has 0 heterocycles. The van der Waals surface area contributed by atoms with Crippen molar-refractivity contribution in [3.05, 3.63) is 71.8 Å². The van der Waals surface area contributed by atoms with Crippen molar-refractivity contribution in [1.82, 2.24) is 0 Å². The van der Waals surface area contributed by atoms with Gasteiger partial charge in [-0.1, -0.05) is 60.7 Å². The van der Waals surface area contributed by atoms with Crippen LogP contribution >= 0.6 is 0 Å². The van der Waals surface area contributed by atoms with E-state index in [0.717, 1.165) is 11.8 Å². The molecule has 6 heteroatoms. The van der Waals surface area contributed by atoms with Gasteiger partial charge in [0.1, 0.15) is 6.29 Å². The largest absolute Gasteiger partial charge is 0.475 e. The van der Waals surface area contributed by atoms with Gasteiger partial charge in [0, 0.05) is 11.1 Å². The molecular weight excluding hydrogens is 288 g/mol. The predicted molar refractivity (Wildman–Crippen MR) is 75.2 cm³/mol. The highest BCUT2D eigenvalue weighted by Crippen LogP contribution is 1.98. The van der Waals surface area contributed by atoms with Crippen molar-refractivity contribution >= 4 is 24.2 Å². The van der Waals surface area contributed by atoms with Crippen LogP contribution in [0.25, 0.3) is 0 Å². The normalized spacial score (nSPS) is 8.00. The van der Waals surface area contributed by atoms with Crippen LogP contribution in [0.15, 0.2) is 60.7 Å². The second kappa shape index (κ2) is 11.5. The van der Waals surface area contributed by atoms with E-state index in [9.17, 15) is 14.4 Å². The SMILES string of the molecule is O=C(O)C(=O)c1ccccc1.O=C=O.O=Cc1ccccc1. The van der Waals surface area contributed by atoms with Gasteiger partial charge in [-0.3, -0.25) is 9.59 Å². The maximum atomic E-state index is 10.7. The summed E-state index contributed by atoms with van der Waals surface area (Å²) < 4.78 is 0. The summed E-state index contributed by atoms with van der Waals surface area (Å²) in [7, 11) is 0. The van der Waals surface area contributed by atoms with Crippen molar-refractivity contribution in [3.63, 3.8) is 0 Å². The molecule has 0 atom stereocenters. The van der Waals surface area contributed by atoms with Crippen LogP contribution < -0.4 is 0 Å². The Morgan fingerprint density at radius 2 is 1.27 bits per heavy atom. The molecule has 0 fully saturated rings. The number of carboxylic acids is 1. The van der Waals surface area contributed by atoms with Gasteiger partial charge in [0.2, 0.25) is 0 Å². The fraction of sp³-hybridized carbons (Fsp3) is 0. The first-order chi connectivity index (χ1) is 10.6. The lowest BCUT2D eigenvalue weighted by molar-refractivity contribution is -0.191. The maximum absolute atomic E-state index is 10.7. The number of Topliss-reactive ketones (excluding diaryl/α,β-unsaturated/α-hetero) is 1. The Balaban J connectivity index is 0.000000352. The maximum Gasteiger partial charge on any atom is 0.377 e. The number of benzene rings is 2. The van der Waals surface area contributed by atoms with Gasteiger partial charge in [-0.05, 0) is 0 Å². The van der Waals surface area contributed by atoms with Crippen molar-refractivity contribution in [2.45, 2.75) is 0 Å². The van der Waals surface area contributed by atoms with Crippen LogP contribution in [0.5, 0.6) is 0 Å². The molecule has 0 aliphatic heterocycles. The van der Waals surface area contributed by atoms with Crippen LogP contribution in [0.3, 0.4) is 0 Å². The summed E-state index contributed by atoms with van der Waals surface area (Å²) in [6.07, 6.45) is 1.08. The van der Waals surface area contributed by atoms with E-state index in [1.807, 2.05) is 18.2 Å². The number of ketones is 1. The first kappa shape index (κ1) is 18.6. The van der Waals surface area contributed by atoms with Gasteiger partial charge in [0.25, 0.3) is 5.78 Å². The minimum Gasteiger partial charge on any atom is -0.475 e. The Labute approximate surface area is 126 Å². The highest BCUT2D eigenvalue weighted by Gasteiger charge is 2.12. The highest BCUT2D eigenvalue weighted by molar-refractivity contribution is 6.39. The van der Waals surface area contributed by atoms with Gasteiger partial charge in [-0.15, -0.1) is 0 Å². The van der Waals surface area contributed by atoms with Crippen LogP contribution in [-0.4, -0.2) is 29.3 Å². The zero-order valence-corrected chi connectivity index (χ0v) is 11.3. The minimum atomic E-state index is -1.42. The van der Waals surface area contributed by atoms with Crippen molar-refractivity contribution in [2.24, 2.45) is 0 Å². The van der Waals surface area contributed by atoms with Crippen LogP contribution in [0.4, 0.5) is 0 Å². The second-order valence-corrected chi connectivity index (χ2v) is 3.61. The predicted octanol–water partition coefficient (Wildman–Crippen LogP) is 1.87. The van der Waals surface area contributed by atoms with E-state index in [-0.39, 0.29) is 11.7 Å². The lowest BCUT2D eigenvalue weighted by Gasteiger charge is -1.91. The number of aliphatic carboxylic acids is 1. The number of hydrogen-bond acceptors (Lipinski definition) is 5. The highest BCUT2D eigenvalue weighted by atomic mass is 16.4. The fourth-order valence-electron chi connectivity index (χ4n) is 1.24. The molecule has 0 spiro atoms. The lowest BCUT2D eigenvalue weighted by atomic mass is 10.1. The summed E-state index contributed by atoms with van der Waals surface area (Å²) in [5.74, 6) is -2.29. The number of carbonyl (C=O) groups excluding carboxylic acids is 4. The van der Waals surface area contributed by atoms with E-state index < -0.39 is 11.8 Å². The molecule has 0 saturated carbocycles. The summed E-state index contributed by atoms with van der Waals surface area (Å²) in [6.45, 7) is 0. The molecule has 0 aliphatic rings. The van der Waals surface area contributed by atoms with Crippen LogP contribution in [0.2, 0.25) is 0 Å². The molecule has 6 nitrogen and oxygen atoms in total. The van der Waals surface area contributed by atoms with Gasteiger partial charge in [-0.2, -0.15) is 9.59 Å². The van der Waals surface area contributed by atoms with Crippen molar-refractivity contribution in [2.75, 3.05) is 0 Å². The smallest absolute Gasteiger partial charge is 0.377 e. The molecule has 0 aliphatic carbocycles. The molecule has 0 bridgehead atoms. The Kier molecular flexibility index (Phi) is 9.70. The summed E-state index contributed by atoms with van der Waals surface area (Å²) in [6, 6.07) is 17.0. The Bertz CT molecular complexity index is 628. The lowest BCUT2D eigenvalue weighted by Crippen LogP contribution is -2.12. The Morgan fingerprint density at radius 1 is 0.864 bits per heavy atom. The number of hydrogen-bond donors (Lipinski definition) is 1. The van der Waals surface area contributed by atoms with Gasteiger partial charge in [-0.25, -0.2) is 4.79 Å². The van der Waals surface area contributed by atoms with E-state index >= 15 is 0 Å². The van der Waals surface area contributed by atoms with Crippen molar-refractivity contribution < 1.29 is 29.1 Å². The van der Waals surface area contributed by atoms with Gasteiger partial charge < -0.3 is 5.11 Å². The van der Waals surface area contributed by atoms with E-state index in [4.69, 9.17) is 14.7 Å². The van der Waals surface area contributed by atoms with Crippen molar-refractivity contribution in [3.8, 4) is 0 Å². The Hall–Kier alpha value is -3.37. The molecular formula is C16H12O6. The van der Waals surface area contributed by atoms with Crippen LogP contribution in [0.1, 0.15) is 20.7 Å². The first-order valence-corrected chi connectivity index (χ1v) is 5.89. The molecule has 0 unspecified atom stereocenters. The van der Waals surface area contributed by atoms with E-state index in [2.05, 4.69) is 0 Å². The third-order valence-electron chi connectivity index (χ3n) is 2.17. The quantitative estimate of drug-likeness (QED) is 0.527. The molecule has 2 aromatic rings. The summed E-state index contributed by atoms with van der Waals surface area (Å²) in [5, 5.41) is 8.29. The average Bonchev–Trinajstić information content (AvgIpc) is 2.57. The van der Waals surface area contributed by atoms with Crippen molar-refractivity contribution in [1.29, 1.82) is 0 Å². The molecule has 0 radical (unpaired) electrons. The first-order valence-electron chi connectivity index (χ1n) is 5.89. The topological polar surface area (TPSA) is 106 Å². The number of carbonyl (C=O) groups is 3. The number of rotatable bonds is 3. The van der Waals surface area contributed by atoms with Crippen LogP contribution in [0, 0.1) is 0 Å². The van der Waals surface area contributed by atoms with Gasteiger partial charge in [0.15, 0.2) is 0 Å².